The summed E-state index contributed by atoms with van der Waals surface area (Å²) in [6.07, 6.45) is 3.84. The topological polar surface area (TPSA) is 47.6 Å². The lowest BCUT2D eigenvalue weighted by Gasteiger charge is -2.17. The van der Waals surface area contributed by atoms with Crippen LogP contribution >= 0.6 is 0 Å². The number of hydrogen-bond donors (Lipinski definition) is 0. The van der Waals surface area contributed by atoms with Crippen LogP contribution in [0.25, 0.3) is 12.2 Å². The molecule has 114 valence electrons. The molecule has 0 atom stereocenters. The van der Waals surface area contributed by atoms with E-state index in [1.54, 1.807) is 0 Å². The van der Waals surface area contributed by atoms with Gasteiger partial charge in [-0.3, -0.25) is 0 Å². The maximum absolute atomic E-state index is 9.25. The molecule has 0 radical (unpaired) electrons. The zero-order chi connectivity index (χ0) is 17.0. The first-order valence-electron chi connectivity index (χ1n) is 7.42. The number of nitriles is 2. The Labute approximate surface area is 134 Å². The number of nitrogens with zero attached hydrogens (tertiary/aromatic N) is 2. The Morgan fingerprint density at radius 1 is 0.727 bits per heavy atom. The molecule has 0 aliphatic heterocycles. The van der Waals surface area contributed by atoms with Gasteiger partial charge in [0.05, 0.1) is 12.1 Å². The first-order chi connectivity index (χ1) is 10.1. The third kappa shape index (κ3) is 4.90. The Hall–Kier alpha value is -2.32. The molecule has 1 rings (SSSR count). The summed E-state index contributed by atoms with van der Waals surface area (Å²) in [5.41, 5.74) is 3.18. The Bertz CT molecular complexity index is 600. The minimum atomic E-state index is -0.159. The molecule has 0 unspecified atom stereocenters. The minimum absolute atomic E-state index is 0.159. The summed E-state index contributed by atoms with van der Waals surface area (Å²) in [6.45, 7) is 12.2. The van der Waals surface area contributed by atoms with Crippen molar-refractivity contribution in [2.75, 3.05) is 0 Å². The highest BCUT2D eigenvalue weighted by Gasteiger charge is 2.17. The third-order valence-electron chi connectivity index (χ3n) is 3.42. The molecule has 0 aromatic heterocycles. The van der Waals surface area contributed by atoms with Gasteiger partial charge < -0.3 is 0 Å². The van der Waals surface area contributed by atoms with Crippen LogP contribution in [0.1, 0.15) is 52.7 Å². The highest BCUT2D eigenvalue weighted by atomic mass is 14.3. The molecule has 0 spiro atoms. The van der Waals surface area contributed by atoms with Crippen LogP contribution in [-0.4, -0.2) is 0 Å². The monoisotopic (exact) mass is 292 g/mol. The van der Waals surface area contributed by atoms with Gasteiger partial charge in [-0.25, -0.2) is 0 Å². The van der Waals surface area contributed by atoms with Crippen molar-refractivity contribution in [2.24, 2.45) is 10.8 Å². The van der Waals surface area contributed by atoms with Crippen LogP contribution in [0.15, 0.2) is 35.4 Å². The van der Waals surface area contributed by atoms with Gasteiger partial charge in [0, 0.05) is 11.1 Å². The Morgan fingerprint density at radius 2 is 1.00 bits per heavy atom. The summed E-state index contributed by atoms with van der Waals surface area (Å²) < 4.78 is 0. The van der Waals surface area contributed by atoms with E-state index in [1.807, 2.05) is 78.0 Å². The molecular weight excluding hydrogens is 268 g/mol. The molecule has 0 saturated heterocycles. The molecule has 0 aliphatic rings. The molecule has 2 heteroatoms. The van der Waals surface area contributed by atoms with Crippen LogP contribution in [0.5, 0.6) is 0 Å². The molecule has 22 heavy (non-hydrogen) atoms. The molecule has 2 nitrogen and oxygen atoms in total. The minimum Gasteiger partial charge on any atom is -0.193 e. The van der Waals surface area contributed by atoms with Gasteiger partial charge in [0.15, 0.2) is 0 Å². The smallest absolute Gasteiger partial charge is 0.0952 e. The van der Waals surface area contributed by atoms with Crippen molar-refractivity contribution in [3.63, 3.8) is 0 Å². The van der Waals surface area contributed by atoms with Crippen LogP contribution in [-0.2, 0) is 0 Å². The number of rotatable bonds is 2. The number of allylic oxidation sites excluding steroid dienone is 2. The van der Waals surface area contributed by atoms with Crippen LogP contribution in [0.2, 0.25) is 0 Å². The van der Waals surface area contributed by atoms with E-state index in [9.17, 15) is 10.5 Å². The van der Waals surface area contributed by atoms with E-state index in [4.69, 9.17) is 0 Å². The van der Waals surface area contributed by atoms with Gasteiger partial charge in [-0.05, 0) is 34.1 Å². The van der Waals surface area contributed by atoms with Gasteiger partial charge in [-0.2, -0.15) is 10.5 Å². The summed E-state index contributed by atoms with van der Waals surface area (Å²) in [7, 11) is 0. The summed E-state index contributed by atoms with van der Waals surface area (Å²) in [6, 6.07) is 12.5. The van der Waals surface area contributed by atoms with Crippen molar-refractivity contribution in [2.45, 2.75) is 41.5 Å². The van der Waals surface area contributed by atoms with E-state index in [0.717, 1.165) is 22.3 Å². The predicted molar refractivity (Wildman–Crippen MR) is 92.5 cm³/mol. The van der Waals surface area contributed by atoms with Crippen LogP contribution in [0.3, 0.4) is 0 Å². The quantitative estimate of drug-likeness (QED) is 0.667. The van der Waals surface area contributed by atoms with Gasteiger partial charge in [0.1, 0.15) is 0 Å². The molecule has 0 aliphatic carbocycles. The fourth-order valence-corrected chi connectivity index (χ4v) is 1.85. The van der Waals surface area contributed by atoms with Gasteiger partial charge in [-0.15, -0.1) is 0 Å². The lowest BCUT2D eigenvalue weighted by molar-refractivity contribution is 0.523. The van der Waals surface area contributed by atoms with E-state index in [1.165, 1.54) is 0 Å². The Kier molecular flexibility index (Phi) is 5.34. The first kappa shape index (κ1) is 17.7. The van der Waals surface area contributed by atoms with E-state index in [-0.39, 0.29) is 10.8 Å². The molecule has 0 N–H and O–H groups in total. The second-order valence-electron chi connectivity index (χ2n) is 7.51. The molecule has 0 fully saturated rings. The molecule has 0 heterocycles. The van der Waals surface area contributed by atoms with Gasteiger partial charge in [0.25, 0.3) is 0 Å². The largest absolute Gasteiger partial charge is 0.193 e. The fraction of sp³-hybridized carbons (Fsp3) is 0.400. The third-order valence-corrected chi connectivity index (χ3v) is 3.42. The average Bonchev–Trinajstić information content (AvgIpc) is 2.40. The van der Waals surface area contributed by atoms with Crippen LogP contribution in [0.4, 0.5) is 0 Å². The summed E-state index contributed by atoms with van der Waals surface area (Å²) in [5.74, 6) is 0. The van der Waals surface area contributed by atoms with Crippen LogP contribution in [0, 0.1) is 33.5 Å². The number of benzene rings is 1. The molecule has 1 aromatic carbocycles. The van der Waals surface area contributed by atoms with E-state index >= 15 is 0 Å². The van der Waals surface area contributed by atoms with Crippen molar-refractivity contribution in [1.29, 1.82) is 10.5 Å². The van der Waals surface area contributed by atoms with Gasteiger partial charge >= 0.3 is 0 Å². The highest BCUT2D eigenvalue weighted by Crippen LogP contribution is 2.28. The average molecular weight is 292 g/mol. The number of hydrogen-bond acceptors (Lipinski definition) is 2. The lowest BCUT2D eigenvalue weighted by atomic mass is 9.85. The fourth-order valence-electron chi connectivity index (χ4n) is 1.85. The zero-order valence-corrected chi connectivity index (χ0v) is 14.4. The molecular formula is C20H24N2. The van der Waals surface area contributed by atoms with Crippen molar-refractivity contribution >= 4 is 12.2 Å². The van der Waals surface area contributed by atoms with Crippen molar-refractivity contribution in [3.05, 3.63) is 46.5 Å². The lowest BCUT2D eigenvalue weighted by Crippen LogP contribution is -2.07. The zero-order valence-electron chi connectivity index (χ0n) is 14.4. The molecule has 0 amide bonds. The van der Waals surface area contributed by atoms with E-state index in [2.05, 4.69) is 12.1 Å². The Morgan fingerprint density at radius 3 is 1.18 bits per heavy atom. The van der Waals surface area contributed by atoms with Gasteiger partial charge in [0.2, 0.25) is 0 Å². The van der Waals surface area contributed by atoms with Crippen molar-refractivity contribution in [1.82, 2.24) is 0 Å². The van der Waals surface area contributed by atoms with E-state index in [0.29, 0.717) is 0 Å². The van der Waals surface area contributed by atoms with Crippen LogP contribution < -0.4 is 0 Å². The Balaban J connectivity index is 3.13. The second kappa shape index (κ2) is 6.63. The standard InChI is InChI=1S/C20H24N2/c1-19(2,3)17(13-21)11-15-7-9-16(10-8-15)12-18(14-22)20(4,5)6/h7-12H,1-6H3/b17-11+,18-12+. The van der Waals surface area contributed by atoms with E-state index < -0.39 is 0 Å². The first-order valence-corrected chi connectivity index (χ1v) is 7.42. The normalized spacial score (nSPS) is 13.5. The highest BCUT2D eigenvalue weighted by molar-refractivity contribution is 5.63. The summed E-state index contributed by atoms with van der Waals surface area (Å²) in [5, 5.41) is 18.5. The molecule has 0 saturated carbocycles. The van der Waals surface area contributed by atoms with Crippen molar-refractivity contribution in [3.8, 4) is 12.1 Å². The second-order valence-corrected chi connectivity index (χ2v) is 7.51. The van der Waals surface area contributed by atoms with Gasteiger partial charge in [-0.1, -0.05) is 65.8 Å². The molecule has 1 aromatic rings. The predicted octanol–water partition coefficient (Wildman–Crippen LogP) is 5.59. The summed E-state index contributed by atoms with van der Waals surface area (Å²) in [4.78, 5) is 0. The maximum atomic E-state index is 9.25. The summed E-state index contributed by atoms with van der Waals surface area (Å²) >= 11 is 0. The molecule has 0 bridgehead atoms. The maximum Gasteiger partial charge on any atom is 0.0952 e. The van der Waals surface area contributed by atoms with Crippen molar-refractivity contribution < 1.29 is 0 Å². The SMILES string of the molecule is CC(C)(C)/C(C#N)=C/c1ccc(/C=C(\C#N)C(C)(C)C)cc1.